The molecule has 1 fully saturated rings. The number of amides is 3. The van der Waals surface area contributed by atoms with E-state index >= 15 is 0 Å². The molecule has 2 atom stereocenters. The summed E-state index contributed by atoms with van der Waals surface area (Å²) in [6.45, 7) is 0. The van der Waals surface area contributed by atoms with Crippen LogP contribution in [0.1, 0.15) is 25.7 Å². The van der Waals surface area contributed by atoms with Gasteiger partial charge in [0.2, 0.25) is 26.6 Å². The van der Waals surface area contributed by atoms with Crippen molar-refractivity contribution in [3.63, 3.8) is 0 Å². The van der Waals surface area contributed by atoms with Crippen molar-refractivity contribution in [1.29, 1.82) is 0 Å². The predicted molar refractivity (Wildman–Crippen MR) is 87.5 cm³/mol. The highest BCUT2D eigenvalue weighted by Crippen LogP contribution is 2.28. The van der Waals surface area contributed by atoms with Gasteiger partial charge in [-0.2, -0.15) is 4.98 Å². The number of aromatic amines is 2. The Morgan fingerprint density at radius 1 is 1.12 bits per heavy atom. The Bertz CT molecular complexity index is 830. The molecule has 12 nitrogen and oxygen atoms in total. The summed E-state index contributed by atoms with van der Waals surface area (Å²) in [5.74, 6) is -3.96. The third-order valence-electron chi connectivity index (χ3n) is 3.70. The van der Waals surface area contributed by atoms with E-state index < -0.39 is 38.9 Å². The fourth-order valence-electron chi connectivity index (χ4n) is 2.55. The lowest BCUT2D eigenvalue weighted by Crippen LogP contribution is -2.52. The quantitative estimate of drug-likeness (QED) is 0.203. The molecule has 1 aromatic rings. The number of hydrazine groups is 1. The number of hydrogen-bond acceptors (Lipinski definition) is 7. The first-order valence-electron chi connectivity index (χ1n) is 7.26. The first-order chi connectivity index (χ1) is 11.7. The number of rotatable bonds is 3. The maximum atomic E-state index is 12.1. The molecule has 1 heterocycles. The van der Waals surface area contributed by atoms with E-state index in [2.05, 4.69) is 32.7 Å². The number of carbonyl (C=O) groups excluding carboxylic acids is 3. The number of nitrogens with two attached hydrogens (primary N) is 1. The Labute approximate surface area is 147 Å². The second kappa shape index (κ2) is 7.71. The van der Waals surface area contributed by atoms with Crippen LogP contribution in [0.3, 0.4) is 0 Å². The third kappa shape index (κ3) is 5.07. The Morgan fingerprint density at radius 2 is 1.80 bits per heavy atom. The third-order valence-corrected chi connectivity index (χ3v) is 5.30. The monoisotopic (exact) mass is 391 g/mol. The minimum Gasteiger partial charge on any atom is -0.286 e. The molecule has 138 valence electrons. The lowest BCUT2D eigenvalue weighted by Gasteiger charge is -2.28. The summed E-state index contributed by atoms with van der Waals surface area (Å²) in [5.41, 5.74) is 3.96. The molecule has 1 saturated carbocycles. The van der Waals surface area contributed by atoms with E-state index in [1.165, 1.54) is 0 Å². The van der Waals surface area contributed by atoms with E-state index in [0.29, 0.717) is 19.3 Å². The molecule has 14 heteroatoms. The number of nitrogens with zero attached hydrogens (tertiary/aromatic N) is 1. The molecule has 0 saturated heterocycles. The van der Waals surface area contributed by atoms with Gasteiger partial charge >= 0.3 is 11.8 Å². The van der Waals surface area contributed by atoms with Crippen molar-refractivity contribution in [2.45, 2.75) is 30.9 Å². The van der Waals surface area contributed by atoms with Crippen LogP contribution >= 0.6 is 12.2 Å². The summed E-state index contributed by atoms with van der Waals surface area (Å²) < 4.78 is 23.2. The molecule has 2 rings (SSSR count). The SMILES string of the molecule is NS(=O)(=O)[C@H]1CCCC[C@@H]1C(=O)NNC(=O)C(=O)Nc1nc(=S)[nH][nH]1. The van der Waals surface area contributed by atoms with Crippen LogP contribution in [-0.2, 0) is 24.4 Å². The van der Waals surface area contributed by atoms with Crippen molar-refractivity contribution in [3.8, 4) is 0 Å². The van der Waals surface area contributed by atoms with E-state index in [9.17, 15) is 22.8 Å². The van der Waals surface area contributed by atoms with Gasteiger partial charge in [-0.3, -0.25) is 40.7 Å². The van der Waals surface area contributed by atoms with Crippen molar-refractivity contribution >= 4 is 45.9 Å². The van der Waals surface area contributed by atoms with Crippen LogP contribution in [0.2, 0.25) is 0 Å². The molecule has 1 aromatic heterocycles. The minimum absolute atomic E-state index is 0.0713. The summed E-state index contributed by atoms with van der Waals surface area (Å²) in [4.78, 5) is 39.1. The average molecular weight is 391 g/mol. The molecule has 0 aromatic carbocycles. The van der Waals surface area contributed by atoms with Crippen LogP contribution in [-0.4, -0.2) is 46.6 Å². The summed E-state index contributed by atoms with van der Waals surface area (Å²) in [5, 5.41) is 11.1. The van der Waals surface area contributed by atoms with Gasteiger partial charge in [0.1, 0.15) is 0 Å². The zero-order valence-corrected chi connectivity index (χ0v) is 14.5. The van der Waals surface area contributed by atoms with Crippen LogP contribution in [0, 0.1) is 10.7 Å². The van der Waals surface area contributed by atoms with Gasteiger partial charge in [-0.1, -0.05) is 12.8 Å². The topological polar surface area (TPSA) is 192 Å². The number of sulfonamides is 1. The Balaban J connectivity index is 1.90. The number of primary sulfonamides is 1. The summed E-state index contributed by atoms with van der Waals surface area (Å²) >= 11 is 4.68. The van der Waals surface area contributed by atoms with E-state index in [0.717, 1.165) is 0 Å². The van der Waals surface area contributed by atoms with Gasteiger partial charge < -0.3 is 0 Å². The molecule has 1 aliphatic rings. The second-order valence-electron chi connectivity index (χ2n) is 5.43. The molecule has 0 aliphatic heterocycles. The Hall–Kier alpha value is -2.32. The number of anilines is 1. The first-order valence-corrected chi connectivity index (χ1v) is 9.27. The van der Waals surface area contributed by atoms with Crippen molar-refractivity contribution in [1.82, 2.24) is 26.0 Å². The highest BCUT2D eigenvalue weighted by molar-refractivity contribution is 7.89. The average Bonchev–Trinajstić information content (AvgIpc) is 2.96. The van der Waals surface area contributed by atoms with Crippen molar-refractivity contribution in [2.75, 3.05) is 5.32 Å². The summed E-state index contributed by atoms with van der Waals surface area (Å²) in [6.07, 6.45) is 1.89. The zero-order chi connectivity index (χ0) is 18.6. The normalized spacial score (nSPS) is 20.5. The summed E-state index contributed by atoms with van der Waals surface area (Å²) in [7, 11) is -3.89. The molecular formula is C11H17N7O5S2. The maximum absolute atomic E-state index is 12.1. The van der Waals surface area contributed by atoms with Gasteiger partial charge in [0.15, 0.2) is 0 Å². The Morgan fingerprint density at radius 3 is 2.40 bits per heavy atom. The van der Waals surface area contributed by atoms with E-state index in [1.807, 2.05) is 10.9 Å². The predicted octanol–water partition coefficient (Wildman–Crippen LogP) is -1.60. The summed E-state index contributed by atoms with van der Waals surface area (Å²) in [6, 6.07) is 0. The lowest BCUT2D eigenvalue weighted by molar-refractivity contribution is -0.139. The van der Waals surface area contributed by atoms with Crippen LogP contribution in [0.5, 0.6) is 0 Å². The fraction of sp³-hybridized carbons (Fsp3) is 0.545. The van der Waals surface area contributed by atoms with Crippen LogP contribution in [0.25, 0.3) is 0 Å². The number of H-pyrrole nitrogens is 2. The van der Waals surface area contributed by atoms with Crippen LogP contribution in [0.15, 0.2) is 0 Å². The zero-order valence-electron chi connectivity index (χ0n) is 12.9. The largest absolute Gasteiger partial charge is 0.328 e. The number of hydrogen-bond donors (Lipinski definition) is 6. The highest BCUT2D eigenvalue weighted by atomic mass is 32.2. The van der Waals surface area contributed by atoms with Crippen LogP contribution < -0.4 is 21.3 Å². The lowest BCUT2D eigenvalue weighted by atomic mass is 9.88. The molecule has 1 aliphatic carbocycles. The Kier molecular flexibility index (Phi) is 5.86. The highest BCUT2D eigenvalue weighted by Gasteiger charge is 2.38. The molecule has 0 bridgehead atoms. The van der Waals surface area contributed by atoms with Gasteiger partial charge in [-0.05, 0) is 25.1 Å². The van der Waals surface area contributed by atoms with E-state index in [1.54, 1.807) is 0 Å². The standard InChI is InChI=1S/C11H17N7O5S2/c12-25(22,23)6-4-2-1-3-5(6)7(19)15-16-9(21)8(20)13-10-14-11(24)18-17-10/h5-6H,1-4H2,(H,15,19)(H,16,21)(H2,12,22,23)(H3,13,14,17,18,20,24)/t5-,6-/m0/s1. The van der Waals surface area contributed by atoms with E-state index in [4.69, 9.17) is 5.14 Å². The molecule has 25 heavy (non-hydrogen) atoms. The van der Waals surface area contributed by atoms with Gasteiger partial charge in [0.25, 0.3) is 0 Å². The maximum Gasteiger partial charge on any atom is 0.328 e. The van der Waals surface area contributed by atoms with Gasteiger partial charge in [-0.25, -0.2) is 13.6 Å². The molecule has 3 amide bonds. The van der Waals surface area contributed by atoms with E-state index in [-0.39, 0.29) is 17.1 Å². The van der Waals surface area contributed by atoms with Crippen molar-refractivity contribution in [3.05, 3.63) is 4.77 Å². The molecule has 0 radical (unpaired) electrons. The van der Waals surface area contributed by atoms with Crippen molar-refractivity contribution in [2.24, 2.45) is 11.1 Å². The number of carbonyl (C=O) groups is 3. The molecule has 0 unspecified atom stereocenters. The first kappa shape index (κ1) is 19.0. The minimum atomic E-state index is -3.89. The van der Waals surface area contributed by atoms with Gasteiger partial charge in [0.05, 0.1) is 11.2 Å². The molecule has 0 spiro atoms. The molecule has 7 N–H and O–H groups in total. The van der Waals surface area contributed by atoms with Gasteiger partial charge in [0, 0.05) is 0 Å². The van der Waals surface area contributed by atoms with Gasteiger partial charge in [-0.15, -0.1) is 0 Å². The number of nitrogens with one attached hydrogen (secondary N) is 5. The van der Waals surface area contributed by atoms with Crippen LogP contribution in [0.4, 0.5) is 5.95 Å². The second-order valence-corrected chi connectivity index (χ2v) is 7.60. The van der Waals surface area contributed by atoms with Crippen molar-refractivity contribution < 1.29 is 22.8 Å². The number of aromatic nitrogens is 3. The fourth-order valence-corrected chi connectivity index (χ4v) is 3.91. The molecular weight excluding hydrogens is 374 g/mol. The smallest absolute Gasteiger partial charge is 0.286 e.